The molecule has 0 saturated carbocycles. The third kappa shape index (κ3) is 10.6. The van der Waals surface area contributed by atoms with Gasteiger partial charge in [0.25, 0.3) is 0 Å². The lowest BCUT2D eigenvalue weighted by Gasteiger charge is -2.42. The molecule has 0 spiro atoms. The van der Waals surface area contributed by atoms with Gasteiger partial charge in [-0.15, -0.1) is 0 Å². The van der Waals surface area contributed by atoms with Crippen LogP contribution in [0.3, 0.4) is 0 Å². The van der Waals surface area contributed by atoms with Gasteiger partial charge >= 0.3 is 0 Å². The summed E-state index contributed by atoms with van der Waals surface area (Å²) in [6, 6.07) is 129. The smallest absolute Gasteiger partial charge is 0.249 e. The highest BCUT2D eigenvalue weighted by molar-refractivity contribution is 8.00. The summed E-state index contributed by atoms with van der Waals surface area (Å²) < 4.78 is 40.6. The minimum absolute atomic E-state index is 0.0567. The molecule has 0 saturated heterocycles. The van der Waals surface area contributed by atoms with Gasteiger partial charge in [0.05, 0.1) is 22.2 Å². The van der Waals surface area contributed by atoms with Crippen molar-refractivity contribution >= 4 is 117 Å². The topological polar surface area (TPSA) is 8.17 Å². The molecule has 4 heteroatoms. The summed E-state index contributed by atoms with van der Waals surface area (Å²) in [6.07, 6.45) is 0. The van der Waals surface area contributed by atoms with E-state index in [2.05, 4.69) is 382 Å². The van der Waals surface area contributed by atoms with E-state index in [1.54, 1.807) is 11.8 Å². The van der Waals surface area contributed by atoms with Crippen molar-refractivity contribution in [2.24, 2.45) is 0 Å². The fourth-order valence-corrected chi connectivity index (χ4v) is 18.7. The maximum atomic E-state index is 10.0. The summed E-state index contributed by atoms with van der Waals surface area (Å²) in [6.45, 7) is 6.22. The Morgan fingerprint density at radius 3 is 1.24 bits per heavy atom. The zero-order chi connectivity index (χ0) is 75.2. The Hall–Kier alpha value is -13.0. The lowest BCUT2D eigenvalue weighted by atomic mass is 9.34. The van der Waals surface area contributed by atoms with Crippen LogP contribution in [0.5, 0.6) is 0 Å². The Labute approximate surface area is 639 Å². The van der Waals surface area contributed by atoms with E-state index in [9.17, 15) is 5.48 Å². The quantitative estimate of drug-likeness (QED) is 0.126. The molecule has 0 fully saturated rings. The van der Waals surface area contributed by atoms with Gasteiger partial charge in [0, 0.05) is 48.8 Å². The number of rotatable bonds is 10. The molecule has 108 heavy (non-hydrogen) atoms. The summed E-state index contributed by atoms with van der Waals surface area (Å²) in [5, 5.41) is 10.8. The molecule has 2 aliphatic heterocycles. The van der Waals surface area contributed by atoms with Crippen LogP contribution in [0.2, 0.25) is 0 Å². The number of aromatic nitrogens is 1. The van der Waals surface area contributed by atoms with E-state index in [0.29, 0.717) is 10.9 Å². The largest absolute Gasteiger partial charge is 0.310 e. The van der Waals surface area contributed by atoms with Gasteiger partial charge in [0.15, 0.2) is 0 Å². The van der Waals surface area contributed by atoms with Crippen molar-refractivity contribution in [1.82, 2.24) is 4.57 Å². The first-order valence-corrected chi connectivity index (χ1v) is 38.1. The molecular formula is C104H71BN2S. The third-order valence-corrected chi connectivity index (χ3v) is 23.8. The maximum Gasteiger partial charge on any atom is 0.249 e. The van der Waals surface area contributed by atoms with Crippen LogP contribution in [0.4, 0.5) is 17.1 Å². The van der Waals surface area contributed by atoms with E-state index in [0.717, 1.165) is 127 Å². The molecule has 0 aliphatic carbocycles. The molecular weight excluding hydrogens is 1320 g/mol. The number of benzene rings is 18. The van der Waals surface area contributed by atoms with Crippen molar-refractivity contribution in [3.8, 4) is 94.7 Å². The van der Waals surface area contributed by atoms with Crippen molar-refractivity contribution in [2.45, 2.75) is 36.0 Å². The first kappa shape index (κ1) is 59.3. The van der Waals surface area contributed by atoms with Gasteiger partial charge < -0.3 is 9.47 Å². The molecule has 18 aromatic carbocycles. The molecule has 0 radical (unpaired) electrons. The van der Waals surface area contributed by atoms with Crippen LogP contribution in [0.1, 0.15) is 31.8 Å². The number of fused-ring (bicyclic) bond motifs is 11. The Bertz CT molecular complexity index is 6890. The van der Waals surface area contributed by atoms with E-state index < -0.39 is 0 Å². The predicted octanol–water partition coefficient (Wildman–Crippen LogP) is 26.8. The van der Waals surface area contributed by atoms with E-state index in [-0.39, 0.29) is 36.3 Å². The van der Waals surface area contributed by atoms with Gasteiger partial charge in [-0.2, -0.15) is 0 Å². The van der Waals surface area contributed by atoms with Gasteiger partial charge in [-0.1, -0.05) is 335 Å². The lowest BCUT2D eigenvalue weighted by molar-refractivity contribution is 0.591. The molecule has 2 aliphatic rings. The second-order valence-corrected chi connectivity index (χ2v) is 31.0. The minimum atomic E-state index is -0.354. The van der Waals surface area contributed by atoms with Crippen LogP contribution in [0.15, 0.2) is 386 Å². The molecule has 2 nitrogen and oxygen atoms in total. The SMILES string of the molecule is [2H]c1c([2H])c([2H])c2c(c1[2H])c1cc(C(C)(C)C)ccc1n2-c1cc2c3c(c1)N(c1c(-c4ccccc4)cccc1-c1ccccc1)c1ccc(-c4cc(-c5cccc6ccccc56)cc(-c5cccc6ccccc56)c4)cc1B3c1cc(-c3cc(-c4cccc5ccccc45)cc(-c4cccc5ccccc45)c3)ccc1S2. The van der Waals surface area contributed by atoms with E-state index in [1.165, 1.54) is 70.8 Å². The normalized spacial score (nSPS) is 13.0. The summed E-state index contributed by atoms with van der Waals surface area (Å²) in [5.41, 5.74) is 27.1. The van der Waals surface area contributed by atoms with Gasteiger partial charge in [-0.25, -0.2) is 0 Å². The van der Waals surface area contributed by atoms with Crippen LogP contribution in [-0.2, 0) is 5.41 Å². The molecule has 0 bridgehead atoms. The number of nitrogens with zero attached hydrogens (tertiary/aromatic N) is 2. The lowest BCUT2D eigenvalue weighted by Crippen LogP contribution is -2.60. The highest BCUT2D eigenvalue weighted by atomic mass is 32.2. The molecule has 3 heterocycles. The van der Waals surface area contributed by atoms with Crippen LogP contribution >= 0.6 is 11.8 Å². The molecule has 0 unspecified atom stereocenters. The summed E-state index contributed by atoms with van der Waals surface area (Å²) >= 11 is 1.78. The van der Waals surface area contributed by atoms with Crippen LogP contribution in [0, 0.1) is 0 Å². The van der Waals surface area contributed by atoms with Crippen molar-refractivity contribution in [3.63, 3.8) is 0 Å². The summed E-state index contributed by atoms with van der Waals surface area (Å²) in [4.78, 5) is 4.72. The van der Waals surface area contributed by atoms with E-state index in [4.69, 9.17) is 0 Å². The second-order valence-electron chi connectivity index (χ2n) is 30.0. The Balaban J connectivity index is 0.877. The second kappa shape index (κ2) is 25.4. The zero-order valence-corrected chi connectivity index (χ0v) is 60.7. The molecule has 21 rings (SSSR count). The monoisotopic (exact) mass is 1390 g/mol. The molecule has 506 valence electrons. The molecule has 19 aromatic rings. The van der Waals surface area contributed by atoms with E-state index in [1.807, 2.05) is 0 Å². The fourth-order valence-electron chi connectivity index (χ4n) is 17.5. The number of anilines is 3. The fraction of sp³-hybridized carbons (Fsp3) is 0.0385. The van der Waals surface area contributed by atoms with Crippen molar-refractivity contribution in [1.29, 1.82) is 0 Å². The van der Waals surface area contributed by atoms with Gasteiger partial charge in [0.1, 0.15) is 0 Å². The van der Waals surface area contributed by atoms with E-state index >= 15 is 0 Å². The number of para-hydroxylation sites is 2. The van der Waals surface area contributed by atoms with Crippen LogP contribution in [-0.4, -0.2) is 11.3 Å². The Kier molecular flexibility index (Phi) is 13.9. The first-order valence-electron chi connectivity index (χ1n) is 39.3. The average molecular weight is 1400 g/mol. The standard InChI is InChI=1S/C104H71BN2S/c1-104(2,3)80-51-53-97-93(63-80)92-41-18-19-48-96(92)106(97)81-64-99-102-101(65-81)108-100-54-50-73(75-57-78(88-44-22-35-68-31-12-16-39-84(68)88)60-79(58-75)89-45-23-36-69-32-13-17-40-85(69)89)62-95(100)105(102)94-61-72(49-52-98(94)107(99)103-90(70-25-6-4-7-26-70)46-24-47-91(103)71-27-8-5-9-28-71)74-55-76(86-42-20-33-66-29-10-14-37-82(66)86)59-77(56-74)87-43-21-34-67-30-11-15-38-83(67)87/h4-65H,1-3H3/i18D,19D,41D,48D. The zero-order valence-electron chi connectivity index (χ0n) is 63.9. The van der Waals surface area contributed by atoms with Crippen LogP contribution < -0.4 is 21.3 Å². The molecule has 0 atom stereocenters. The number of hydrogen-bond donors (Lipinski definition) is 0. The molecule has 0 N–H and O–H groups in total. The Morgan fingerprint density at radius 2 is 0.731 bits per heavy atom. The predicted molar refractivity (Wildman–Crippen MR) is 463 cm³/mol. The highest BCUT2D eigenvalue weighted by Crippen LogP contribution is 2.52. The van der Waals surface area contributed by atoms with Crippen molar-refractivity contribution in [2.75, 3.05) is 4.90 Å². The number of hydrogen-bond acceptors (Lipinski definition) is 2. The summed E-state index contributed by atoms with van der Waals surface area (Å²) in [5.74, 6) is 0. The minimum Gasteiger partial charge on any atom is -0.310 e. The van der Waals surface area contributed by atoms with Crippen molar-refractivity contribution < 1.29 is 5.48 Å². The van der Waals surface area contributed by atoms with Crippen LogP contribution in [0.25, 0.3) is 160 Å². The van der Waals surface area contributed by atoms with Gasteiger partial charge in [-0.3, -0.25) is 0 Å². The Morgan fingerprint density at radius 1 is 0.296 bits per heavy atom. The molecule has 0 amide bonds. The third-order valence-electron chi connectivity index (χ3n) is 22.6. The maximum absolute atomic E-state index is 10.0. The average Bonchev–Trinajstić information content (AvgIpc) is 1.35. The van der Waals surface area contributed by atoms with Crippen molar-refractivity contribution in [3.05, 3.63) is 382 Å². The van der Waals surface area contributed by atoms with Gasteiger partial charge in [0.2, 0.25) is 6.71 Å². The highest BCUT2D eigenvalue weighted by Gasteiger charge is 2.43. The van der Waals surface area contributed by atoms with Gasteiger partial charge in [-0.05, 0) is 222 Å². The first-order chi connectivity index (χ1) is 54.8. The summed E-state index contributed by atoms with van der Waals surface area (Å²) in [7, 11) is 0. The molecule has 1 aromatic heterocycles.